The van der Waals surface area contributed by atoms with E-state index in [1.165, 1.54) is 0 Å². The molecule has 0 amide bonds. The van der Waals surface area contributed by atoms with Crippen molar-refractivity contribution < 1.29 is 8.42 Å². The molecule has 0 fully saturated rings. The molecule has 0 spiro atoms. The highest BCUT2D eigenvalue weighted by Crippen LogP contribution is 2.26. The minimum Gasteiger partial charge on any atom is -0.223 e. The lowest BCUT2D eigenvalue weighted by Gasteiger charge is -2.12. The fourth-order valence-electron chi connectivity index (χ4n) is 1.35. The van der Waals surface area contributed by atoms with E-state index in [1.54, 1.807) is 26.0 Å². The molecule has 4 heteroatoms. The smallest absolute Gasteiger partial charge is 0.180 e. The van der Waals surface area contributed by atoms with Gasteiger partial charge in [-0.05, 0) is 43.5 Å². The summed E-state index contributed by atoms with van der Waals surface area (Å²) >= 11 is 3.36. The molecule has 0 saturated heterocycles. The lowest BCUT2D eigenvalue weighted by atomic mass is 10.0. The average Bonchev–Trinajstić information content (AvgIpc) is 2.16. The summed E-state index contributed by atoms with van der Waals surface area (Å²) in [5.74, 6) is 0.318. The zero-order valence-corrected chi connectivity index (χ0v) is 12.4. The van der Waals surface area contributed by atoms with Crippen LogP contribution in [0.3, 0.4) is 0 Å². The van der Waals surface area contributed by atoms with Gasteiger partial charge in [0.15, 0.2) is 9.84 Å². The number of hydrogen-bond acceptors (Lipinski definition) is 2. The topological polar surface area (TPSA) is 34.1 Å². The third-order valence-corrected chi connectivity index (χ3v) is 5.10. The molecule has 0 saturated carbocycles. The van der Waals surface area contributed by atoms with E-state index in [4.69, 9.17) is 0 Å². The monoisotopic (exact) mass is 304 g/mol. The Morgan fingerprint density at radius 2 is 1.62 bits per heavy atom. The highest BCUT2D eigenvalue weighted by Gasteiger charge is 2.20. The Morgan fingerprint density at radius 3 is 2.06 bits per heavy atom. The van der Waals surface area contributed by atoms with Crippen molar-refractivity contribution in [2.75, 3.05) is 0 Å². The van der Waals surface area contributed by atoms with Crippen LogP contribution >= 0.6 is 15.9 Å². The molecule has 1 aromatic carbocycles. The molecule has 1 aromatic rings. The van der Waals surface area contributed by atoms with E-state index in [2.05, 4.69) is 15.9 Å². The van der Waals surface area contributed by atoms with Crippen LogP contribution in [-0.4, -0.2) is 13.7 Å². The fourth-order valence-corrected chi connectivity index (χ4v) is 3.15. The SMILES string of the molecule is CC(C)c1cc(Br)cc(S(=O)(=O)C(C)C)c1. The summed E-state index contributed by atoms with van der Waals surface area (Å²) in [5, 5.41) is -0.387. The Kier molecular flexibility index (Phi) is 4.18. The number of benzene rings is 1. The Hall–Kier alpha value is -0.350. The number of sulfone groups is 1. The molecule has 0 radical (unpaired) electrons. The lowest BCUT2D eigenvalue weighted by molar-refractivity contribution is 0.587. The maximum absolute atomic E-state index is 12.0. The molecule has 0 aliphatic heterocycles. The maximum Gasteiger partial charge on any atom is 0.180 e. The zero-order chi connectivity index (χ0) is 12.5. The molecule has 0 bridgehead atoms. The van der Waals surface area contributed by atoms with Gasteiger partial charge in [0, 0.05) is 4.47 Å². The summed E-state index contributed by atoms with van der Waals surface area (Å²) in [4.78, 5) is 0.403. The first-order chi connectivity index (χ1) is 7.25. The van der Waals surface area contributed by atoms with Crippen molar-refractivity contribution in [2.24, 2.45) is 0 Å². The van der Waals surface area contributed by atoms with Crippen LogP contribution in [-0.2, 0) is 9.84 Å². The molecule has 0 aliphatic rings. The van der Waals surface area contributed by atoms with Gasteiger partial charge in [-0.3, -0.25) is 0 Å². The van der Waals surface area contributed by atoms with Gasteiger partial charge in [0.25, 0.3) is 0 Å². The molecular formula is C12H17BrO2S. The van der Waals surface area contributed by atoms with Crippen LogP contribution in [0.15, 0.2) is 27.6 Å². The van der Waals surface area contributed by atoms with Gasteiger partial charge in [-0.2, -0.15) is 0 Å². The van der Waals surface area contributed by atoms with Crippen molar-refractivity contribution in [2.45, 2.75) is 43.8 Å². The molecule has 90 valence electrons. The van der Waals surface area contributed by atoms with Gasteiger partial charge < -0.3 is 0 Å². The predicted molar refractivity (Wildman–Crippen MR) is 70.6 cm³/mol. The molecule has 0 N–H and O–H groups in total. The molecule has 16 heavy (non-hydrogen) atoms. The van der Waals surface area contributed by atoms with Crippen molar-refractivity contribution in [3.05, 3.63) is 28.2 Å². The third-order valence-electron chi connectivity index (χ3n) is 2.51. The number of rotatable bonds is 3. The Morgan fingerprint density at radius 1 is 1.06 bits per heavy atom. The molecule has 0 aliphatic carbocycles. The highest BCUT2D eigenvalue weighted by atomic mass is 79.9. The van der Waals surface area contributed by atoms with Crippen molar-refractivity contribution in [3.8, 4) is 0 Å². The van der Waals surface area contributed by atoms with Crippen molar-refractivity contribution >= 4 is 25.8 Å². The van der Waals surface area contributed by atoms with Crippen LogP contribution in [0.1, 0.15) is 39.2 Å². The first-order valence-electron chi connectivity index (χ1n) is 5.29. The van der Waals surface area contributed by atoms with E-state index in [0.717, 1.165) is 10.0 Å². The minimum absolute atomic E-state index is 0.318. The van der Waals surface area contributed by atoms with E-state index in [-0.39, 0.29) is 5.25 Å². The second-order valence-electron chi connectivity index (χ2n) is 4.47. The summed E-state index contributed by atoms with van der Waals surface area (Å²) in [5.41, 5.74) is 1.04. The molecule has 1 rings (SSSR count). The van der Waals surface area contributed by atoms with Crippen molar-refractivity contribution in [1.82, 2.24) is 0 Å². The Balaban J connectivity index is 3.36. The quantitative estimate of drug-likeness (QED) is 0.852. The predicted octanol–water partition coefficient (Wildman–Crippen LogP) is 3.75. The summed E-state index contributed by atoms with van der Waals surface area (Å²) in [6.07, 6.45) is 0. The normalized spacial score (nSPS) is 12.4. The van der Waals surface area contributed by atoms with Crippen LogP contribution in [0.5, 0.6) is 0 Å². The van der Waals surface area contributed by atoms with Crippen molar-refractivity contribution in [1.29, 1.82) is 0 Å². The van der Waals surface area contributed by atoms with E-state index in [9.17, 15) is 8.42 Å². The molecule has 2 nitrogen and oxygen atoms in total. The van der Waals surface area contributed by atoms with Gasteiger partial charge in [0.1, 0.15) is 0 Å². The van der Waals surface area contributed by atoms with Gasteiger partial charge >= 0.3 is 0 Å². The standard InChI is InChI=1S/C12H17BrO2S/c1-8(2)10-5-11(13)7-12(6-10)16(14,15)9(3)4/h5-9H,1-4H3. The van der Waals surface area contributed by atoms with Crippen LogP contribution in [0.25, 0.3) is 0 Å². The Bertz CT molecular complexity index is 476. The fraction of sp³-hybridized carbons (Fsp3) is 0.500. The van der Waals surface area contributed by atoms with E-state index < -0.39 is 9.84 Å². The molecule has 0 heterocycles. The van der Waals surface area contributed by atoms with Crippen molar-refractivity contribution in [3.63, 3.8) is 0 Å². The largest absolute Gasteiger partial charge is 0.223 e. The number of hydrogen-bond donors (Lipinski definition) is 0. The van der Waals surface area contributed by atoms with Gasteiger partial charge in [-0.1, -0.05) is 29.8 Å². The van der Waals surface area contributed by atoms with Gasteiger partial charge in [-0.15, -0.1) is 0 Å². The summed E-state index contributed by atoms with van der Waals surface area (Å²) in [6, 6.07) is 5.40. The van der Waals surface area contributed by atoms with Gasteiger partial charge in [0.05, 0.1) is 10.1 Å². The third kappa shape index (κ3) is 2.86. The minimum atomic E-state index is -3.19. The van der Waals surface area contributed by atoms with Crippen LogP contribution in [0, 0.1) is 0 Å². The summed E-state index contributed by atoms with van der Waals surface area (Å²) in [6.45, 7) is 7.50. The first-order valence-corrected chi connectivity index (χ1v) is 7.63. The average molecular weight is 305 g/mol. The summed E-state index contributed by atoms with van der Waals surface area (Å²) in [7, 11) is -3.19. The molecule has 0 aromatic heterocycles. The number of halogens is 1. The van der Waals surface area contributed by atoms with Crippen LogP contribution in [0.4, 0.5) is 0 Å². The maximum atomic E-state index is 12.0. The lowest BCUT2D eigenvalue weighted by Crippen LogP contribution is -2.14. The molecule has 0 unspecified atom stereocenters. The van der Waals surface area contributed by atoms with Gasteiger partial charge in [-0.25, -0.2) is 8.42 Å². The second-order valence-corrected chi connectivity index (χ2v) is 7.89. The van der Waals surface area contributed by atoms with Crippen LogP contribution in [0.2, 0.25) is 0 Å². The van der Waals surface area contributed by atoms with E-state index in [1.807, 2.05) is 19.9 Å². The molecular weight excluding hydrogens is 288 g/mol. The van der Waals surface area contributed by atoms with E-state index >= 15 is 0 Å². The molecule has 0 atom stereocenters. The van der Waals surface area contributed by atoms with Crippen LogP contribution < -0.4 is 0 Å². The van der Waals surface area contributed by atoms with Gasteiger partial charge in [0.2, 0.25) is 0 Å². The first kappa shape index (κ1) is 13.7. The van der Waals surface area contributed by atoms with E-state index in [0.29, 0.717) is 10.8 Å². The zero-order valence-electron chi connectivity index (χ0n) is 9.99. The highest BCUT2D eigenvalue weighted by molar-refractivity contribution is 9.10. The summed E-state index contributed by atoms with van der Waals surface area (Å²) < 4.78 is 24.9. The second kappa shape index (κ2) is 4.88. The Labute approximate surface area is 106 Å².